The van der Waals surface area contributed by atoms with Crippen molar-refractivity contribution in [2.24, 2.45) is 0 Å². The molecule has 0 amide bonds. The first kappa shape index (κ1) is 10.4. The van der Waals surface area contributed by atoms with Gasteiger partial charge in [0.15, 0.2) is 0 Å². The molecule has 1 aliphatic carbocycles. The third-order valence-corrected chi connectivity index (χ3v) is 4.79. The van der Waals surface area contributed by atoms with E-state index in [0.29, 0.717) is 19.1 Å². The minimum atomic E-state index is -3.02. The zero-order chi connectivity index (χ0) is 10.3. The second-order valence-corrected chi connectivity index (χ2v) is 6.60. The summed E-state index contributed by atoms with van der Waals surface area (Å²) < 4.78 is 26.1. The van der Waals surface area contributed by atoms with Crippen molar-refractivity contribution in [3.05, 3.63) is 0 Å². The largest absolute Gasteiger partial charge is 0.298 e. The maximum atomic E-state index is 11.7. The van der Waals surface area contributed by atoms with Crippen LogP contribution in [0.4, 0.5) is 0 Å². The van der Waals surface area contributed by atoms with Crippen LogP contribution in [0.5, 0.6) is 0 Å². The summed E-state index contributed by atoms with van der Waals surface area (Å²) in [6.45, 7) is 5.58. The number of sulfonamides is 1. The van der Waals surface area contributed by atoms with Crippen LogP contribution in [0.3, 0.4) is 0 Å². The van der Waals surface area contributed by atoms with Crippen molar-refractivity contribution in [2.45, 2.75) is 44.0 Å². The highest BCUT2D eigenvalue weighted by molar-refractivity contribution is 7.90. The molecule has 0 aromatic heterocycles. The number of likely N-dealkylation sites (tertiary alicyclic amines) is 1. The number of nitrogens with zero attached hydrogens (tertiary/aromatic N) is 1. The Morgan fingerprint density at radius 3 is 2.29 bits per heavy atom. The molecule has 2 fully saturated rings. The molecule has 1 heterocycles. The molecule has 2 rings (SSSR count). The quantitative estimate of drug-likeness (QED) is 0.731. The molecule has 14 heavy (non-hydrogen) atoms. The van der Waals surface area contributed by atoms with Crippen molar-refractivity contribution in [1.82, 2.24) is 9.62 Å². The fourth-order valence-corrected chi connectivity index (χ4v) is 3.29. The Kier molecular flexibility index (Phi) is 2.57. The zero-order valence-corrected chi connectivity index (χ0v) is 9.55. The lowest BCUT2D eigenvalue weighted by atomic mass is 10.1. The Labute approximate surface area is 85.7 Å². The topological polar surface area (TPSA) is 49.4 Å². The molecule has 0 spiro atoms. The smallest absolute Gasteiger partial charge is 0.217 e. The van der Waals surface area contributed by atoms with Crippen LogP contribution in [0.25, 0.3) is 0 Å². The lowest BCUT2D eigenvalue weighted by Crippen LogP contribution is -2.59. The molecule has 0 radical (unpaired) electrons. The van der Waals surface area contributed by atoms with Crippen molar-refractivity contribution >= 4 is 10.0 Å². The van der Waals surface area contributed by atoms with Crippen LogP contribution in [-0.4, -0.2) is 43.7 Å². The van der Waals surface area contributed by atoms with Crippen LogP contribution in [0.2, 0.25) is 0 Å². The van der Waals surface area contributed by atoms with Gasteiger partial charge in [0.2, 0.25) is 10.0 Å². The van der Waals surface area contributed by atoms with E-state index in [9.17, 15) is 8.42 Å². The summed E-state index contributed by atoms with van der Waals surface area (Å²) in [7, 11) is -3.02. The number of hydrogen-bond donors (Lipinski definition) is 1. The summed E-state index contributed by atoms with van der Waals surface area (Å²) >= 11 is 0. The Bertz CT molecular complexity index is 303. The number of hydrogen-bond acceptors (Lipinski definition) is 3. The first-order valence-electron chi connectivity index (χ1n) is 5.24. The molecule has 82 valence electrons. The average Bonchev–Trinajstić information content (AvgIpc) is 2.63. The number of rotatable bonds is 4. The molecule has 0 atom stereocenters. The van der Waals surface area contributed by atoms with Gasteiger partial charge in [0, 0.05) is 25.2 Å². The van der Waals surface area contributed by atoms with Gasteiger partial charge in [0.05, 0.1) is 0 Å². The van der Waals surface area contributed by atoms with Crippen molar-refractivity contribution in [3.8, 4) is 0 Å². The average molecular weight is 218 g/mol. The maximum Gasteiger partial charge on any atom is 0.217 e. The molecule has 1 saturated carbocycles. The van der Waals surface area contributed by atoms with Gasteiger partial charge in [-0.25, -0.2) is 13.1 Å². The van der Waals surface area contributed by atoms with Gasteiger partial charge in [-0.05, 0) is 26.7 Å². The molecule has 0 aromatic carbocycles. The molecule has 0 bridgehead atoms. The normalized spacial score (nSPS) is 25.4. The fourth-order valence-electron chi connectivity index (χ4n) is 1.62. The third kappa shape index (κ3) is 2.10. The molecular weight excluding hydrogens is 200 g/mol. The third-order valence-electron chi connectivity index (χ3n) is 2.95. The van der Waals surface area contributed by atoms with Crippen molar-refractivity contribution in [1.29, 1.82) is 0 Å². The molecule has 4 nitrogen and oxygen atoms in total. The van der Waals surface area contributed by atoms with Crippen LogP contribution >= 0.6 is 0 Å². The van der Waals surface area contributed by atoms with Crippen LogP contribution in [0.1, 0.15) is 26.7 Å². The predicted molar refractivity (Wildman–Crippen MR) is 55.6 cm³/mol. The van der Waals surface area contributed by atoms with E-state index < -0.39 is 10.0 Å². The lowest BCUT2D eigenvalue weighted by molar-refractivity contribution is 0.141. The van der Waals surface area contributed by atoms with Gasteiger partial charge in [-0.2, -0.15) is 0 Å². The van der Waals surface area contributed by atoms with Crippen molar-refractivity contribution in [2.75, 3.05) is 13.1 Å². The Balaban J connectivity index is 1.85. The molecule has 1 aliphatic heterocycles. The molecule has 1 N–H and O–H groups in total. The monoisotopic (exact) mass is 218 g/mol. The molecule has 0 unspecified atom stereocenters. The minimum absolute atomic E-state index is 0.175. The van der Waals surface area contributed by atoms with Gasteiger partial charge in [-0.1, -0.05) is 0 Å². The summed E-state index contributed by atoms with van der Waals surface area (Å²) in [6, 6.07) is 0.704. The molecular formula is C9H18N2O2S. The SMILES string of the molecule is CC(C)N1CC(S(=O)(=O)NC2CC2)C1. The molecule has 0 aromatic rings. The van der Waals surface area contributed by atoms with Gasteiger partial charge >= 0.3 is 0 Å². The van der Waals surface area contributed by atoms with E-state index in [1.54, 1.807) is 0 Å². The van der Waals surface area contributed by atoms with E-state index in [2.05, 4.69) is 23.5 Å². The van der Waals surface area contributed by atoms with E-state index in [-0.39, 0.29) is 11.3 Å². The highest BCUT2D eigenvalue weighted by Crippen LogP contribution is 2.24. The van der Waals surface area contributed by atoms with E-state index in [0.717, 1.165) is 12.8 Å². The highest BCUT2D eigenvalue weighted by atomic mass is 32.2. The van der Waals surface area contributed by atoms with Crippen LogP contribution < -0.4 is 4.72 Å². The van der Waals surface area contributed by atoms with E-state index in [4.69, 9.17) is 0 Å². The predicted octanol–water partition coefficient (Wildman–Crippen LogP) is 0.161. The second-order valence-electron chi connectivity index (χ2n) is 4.61. The summed E-state index contributed by atoms with van der Waals surface area (Å²) in [5, 5.41) is -0.175. The van der Waals surface area contributed by atoms with Crippen LogP contribution in [0, 0.1) is 0 Å². The lowest BCUT2D eigenvalue weighted by Gasteiger charge is -2.41. The maximum absolute atomic E-state index is 11.7. The van der Waals surface area contributed by atoms with E-state index >= 15 is 0 Å². The summed E-state index contributed by atoms with van der Waals surface area (Å²) in [5.41, 5.74) is 0. The molecule has 2 aliphatic rings. The van der Waals surface area contributed by atoms with Crippen LogP contribution in [-0.2, 0) is 10.0 Å². The van der Waals surface area contributed by atoms with Gasteiger partial charge < -0.3 is 0 Å². The fraction of sp³-hybridized carbons (Fsp3) is 1.00. The Morgan fingerprint density at radius 2 is 1.86 bits per heavy atom. The highest BCUT2D eigenvalue weighted by Gasteiger charge is 2.40. The van der Waals surface area contributed by atoms with E-state index in [1.165, 1.54) is 0 Å². The second kappa shape index (κ2) is 3.47. The summed E-state index contributed by atoms with van der Waals surface area (Å²) in [6.07, 6.45) is 2.03. The minimum Gasteiger partial charge on any atom is -0.298 e. The molecule has 5 heteroatoms. The summed E-state index contributed by atoms with van der Waals surface area (Å²) in [4.78, 5) is 2.18. The number of nitrogens with one attached hydrogen (secondary N) is 1. The molecule has 1 saturated heterocycles. The summed E-state index contributed by atoms with van der Waals surface area (Å²) in [5.74, 6) is 0. The van der Waals surface area contributed by atoms with Gasteiger partial charge in [-0.3, -0.25) is 4.90 Å². The Morgan fingerprint density at radius 1 is 1.29 bits per heavy atom. The Hall–Kier alpha value is -0.130. The van der Waals surface area contributed by atoms with Crippen molar-refractivity contribution < 1.29 is 8.42 Å². The van der Waals surface area contributed by atoms with Gasteiger partial charge in [0.25, 0.3) is 0 Å². The van der Waals surface area contributed by atoms with Gasteiger partial charge in [-0.15, -0.1) is 0 Å². The standard InChI is InChI=1S/C9H18N2O2S/c1-7(2)11-5-9(6-11)14(12,13)10-8-3-4-8/h7-10H,3-6H2,1-2H3. The van der Waals surface area contributed by atoms with E-state index in [1.807, 2.05) is 0 Å². The van der Waals surface area contributed by atoms with Crippen molar-refractivity contribution in [3.63, 3.8) is 0 Å². The zero-order valence-electron chi connectivity index (χ0n) is 8.73. The first-order chi connectivity index (χ1) is 6.49. The van der Waals surface area contributed by atoms with Gasteiger partial charge in [0.1, 0.15) is 5.25 Å². The van der Waals surface area contributed by atoms with Crippen LogP contribution in [0.15, 0.2) is 0 Å². The first-order valence-corrected chi connectivity index (χ1v) is 6.79.